The first kappa shape index (κ1) is 24.9. The molecule has 0 aliphatic heterocycles. The van der Waals surface area contributed by atoms with Gasteiger partial charge in [-0.15, -0.1) is 0 Å². The fourth-order valence-electron chi connectivity index (χ4n) is 4.69. The summed E-state index contributed by atoms with van der Waals surface area (Å²) in [6.45, 7) is 7.20. The van der Waals surface area contributed by atoms with E-state index in [1.807, 2.05) is 0 Å². The van der Waals surface area contributed by atoms with Crippen LogP contribution in [0.3, 0.4) is 0 Å². The van der Waals surface area contributed by atoms with E-state index in [1.165, 1.54) is 50.5 Å². The Morgan fingerprint density at radius 2 is 1.79 bits per heavy atom. The molecule has 0 aromatic carbocycles. The molecule has 1 saturated carbocycles. The lowest BCUT2D eigenvalue weighted by Crippen LogP contribution is -2.37. The summed E-state index contributed by atoms with van der Waals surface area (Å²) in [6.07, 6.45) is 15.2. The number of unbranched alkanes of at least 4 members (excludes halogenated alkanes) is 6. The molecule has 6 N–H and O–H groups in total. The van der Waals surface area contributed by atoms with Gasteiger partial charge in [0.15, 0.2) is 0 Å². The van der Waals surface area contributed by atoms with Crippen LogP contribution in [0.25, 0.3) is 0 Å². The summed E-state index contributed by atoms with van der Waals surface area (Å²) >= 11 is 0. The molecule has 0 amide bonds. The van der Waals surface area contributed by atoms with E-state index in [1.54, 1.807) is 0 Å². The Morgan fingerprint density at radius 3 is 2.43 bits per heavy atom. The largest absolute Gasteiger partial charge is 0.386 e. The van der Waals surface area contributed by atoms with Crippen molar-refractivity contribution < 1.29 is 4.39 Å². The standard InChI is InChI=1S/C23H45FN4/c1-3-4-5-6-7-8-9-10-19(2)17-20-11-14-23(24,15-12-22(26)28-27)18-21(20)13-16-25/h20-21H,2-18,25,27H2,1H3,(H2,26,28). The van der Waals surface area contributed by atoms with Gasteiger partial charge in [0.2, 0.25) is 0 Å². The molecule has 0 bridgehead atoms. The van der Waals surface area contributed by atoms with Crippen LogP contribution in [-0.2, 0) is 0 Å². The summed E-state index contributed by atoms with van der Waals surface area (Å²) in [5, 5.41) is 3.47. The molecule has 0 aromatic heterocycles. The predicted molar refractivity (Wildman–Crippen MR) is 120 cm³/mol. The third-order valence-electron chi connectivity index (χ3n) is 6.48. The Morgan fingerprint density at radius 1 is 1.11 bits per heavy atom. The second-order valence-electron chi connectivity index (χ2n) is 8.94. The number of hydrazone groups is 1. The lowest BCUT2D eigenvalue weighted by Gasteiger charge is -2.40. The van der Waals surface area contributed by atoms with Crippen molar-refractivity contribution in [2.75, 3.05) is 6.54 Å². The molecule has 0 heterocycles. The number of halogens is 1. The number of allylic oxidation sites excluding steroid dienone is 1. The summed E-state index contributed by atoms with van der Waals surface area (Å²) < 4.78 is 15.3. The molecule has 164 valence electrons. The second kappa shape index (κ2) is 14.0. The van der Waals surface area contributed by atoms with Crippen LogP contribution < -0.4 is 17.3 Å². The maximum absolute atomic E-state index is 15.3. The zero-order chi connectivity index (χ0) is 20.8. The molecule has 1 fully saturated rings. The van der Waals surface area contributed by atoms with Gasteiger partial charge in [-0.2, -0.15) is 5.10 Å². The fraction of sp³-hybridized carbons (Fsp3) is 0.870. The maximum Gasteiger partial charge on any atom is 0.119 e. The summed E-state index contributed by atoms with van der Waals surface area (Å²) in [4.78, 5) is 0. The van der Waals surface area contributed by atoms with Crippen LogP contribution >= 0.6 is 0 Å². The predicted octanol–water partition coefficient (Wildman–Crippen LogP) is 5.56. The molecule has 1 aliphatic rings. The SMILES string of the molecule is C=C(CCCCCCCCC)CC1CCC(F)(CC/C(N)=N/N)CC1CCN. The van der Waals surface area contributed by atoms with E-state index in [9.17, 15) is 0 Å². The van der Waals surface area contributed by atoms with Gasteiger partial charge < -0.3 is 17.3 Å². The summed E-state index contributed by atoms with van der Waals surface area (Å²) in [6, 6.07) is 0. The smallest absolute Gasteiger partial charge is 0.119 e. The Bertz CT molecular complexity index is 466. The molecule has 5 heteroatoms. The number of hydrogen-bond acceptors (Lipinski definition) is 3. The Hall–Kier alpha value is -1.10. The van der Waals surface area contributed by atoms with Crippen molar-refractivity contribution in [3.05, 3.63) is 12.2 Å². The van der Waals surface area contributed by atoms with Crippen molar-refractivity contribution in [3.63, 3.8) is 0 Å². The zero-order valence-corrected chi connectivity index (χ0v) is 18.2. The first-order chi connectivity index (χ1) is 13.4. The number of nitrogens with two attached hydrogens (primary N) is 3. The molecular formula is C23H45FN4. The zero-order valence-electron chi connectivity index (χ0n) is 18.2. The summed E-state index contributed by atoms with van der Waals surface area (Å²) in [5.74, 6) is 6.37. The van der Waals surface area contributed by atoms with Gasteiger partial charge >= 0.3 is 0 Å². The van der Waals surface area contributed by atoms with Crippen molar-refractivity contribution >= 4 is 5.84 Å². The second-order valence-corrected chi connectivity index (χ2v) is 8.94. The van der Waals surface area contributed by atoms with Gasteiger partial charge in [-0.25, -0.2) is 4.39 Å². The minimum Gasteiger partial charge on any atom is -0.386 e. The van der Waals surface area contributed by atoms with Crippen LogP contribution in [0.2, 0.25) is 0 Å². The fourth-order valence-corrected chi connectivity index (χ4v) is 4.69. The number of amidine groups is 1. The highest BCUT2D eigenvalue weighted by Crippen LogP contribution is 2.45. The average molecular weight is 397 g/mol. The molecule has 28 heavy (non-hydrogen) atoms. The van der Waals surface area contributed by atoms with Crippen LogP contribution in [0.1, 0.15) is 103 Å². The van der Waals surface area contributed by atoms with Crippen molar-refractivity contribution in [3.8, 4) is 0 Å². The molecule has 3 atom stereocenters. The molecule has 0 radical (unpaired) electrons. The third kappa shape index (κ3) is 9.90. The minimum atomic E-state index is -1.16. The van der Waals surface area contributed by atoms with E-state index in [4.69, 9.17) is 17.3 Å². The van der Waals surface area contributed by atoms with Gasteiger partial charge in [0.1, 0.15) is 11.5 Å². The van der Waals surface area contributed by atoms with Gasteiger partial charge in [-0.1, -0.05) is 57.6 Å². The number of rotatable bonds is 15. The summed E-state index contributed by atoms with van der Waals surface area (Å²) in [7, 11) is 0. The first-order valence-corrected chi connectivity index (χ1v) is 11.5. The highest BCUT2D eigenvalue weighted by atomic mass is 19.1. The van der Waals surface area contributed by atoms with E-state index in [-0.39, 0.29) is 0 Å². The van der Waals surface area contributed by atoms with Gasteiger partial charge in [0.05, 0.1) is 0 Å². The quantitative estimate of drug-likeness (QED) is 0.0845. The maximum atomic E-state index is 15.3. The molecular weight excluding hydrogens is 351 g/mol. The van der Waals surface area contributed by atoms with E-state index in [2.05, 4.69) is 18.6 Å². The summed E-state index contributed by atoms with van der Waals surface area (Å²) in [5.41, 5.74) is 11.7. The van der Waals surface area contributed by atoms with Crippen molar-refractivity contribution in [2.45, 2.75) is 109 Å². The van der Waals surface area contributed by atoms with Crippen molar-refractivity contribution in [2.24, 2.45) is 34.2 Å². The van der Waals surface area contributed by atoms with E-state index in [0.717, 1.165) is 25.7 Å². The van der Waals surface area contributed by atoms with E-state index < -0.39 is 5.67 Å². The molecule has 1 rings (SSSR count). The minimum absolute atomic E-state index is 0.331. The lowest BCUT2D eigenvalue weighted by atomic mass is 9.68. The van der Waals surface area contributed by atoms with Crippen LogP contribution in [-0.4, -0.2) is 18.0 Å². The Kier molecular flexibility index (Phi) is 12.4. The molecule has 4 nitrogen and oxygen atoms in total. The number of alkyl halides is 1. The topological polar surface area (TPSA) is 90.4 Å². The molecule has 0 spiro atoms. The number of hydrogen-bond donors (Lipinski definition) is 3. The van der Waals surface area contributed by atoms with Gasteiger partial charge in [-0.3, -0.25) is 0 Å². The lowest BCUT2D eigenvalue weighted by molar-refractivity contribution is 0.0336. The van der Waals surface area contributed by atoms with Gasteiger partial charge in [-0.05, 0) is 69.7 Å². The number of nitrogens with zero attached hydrogens (tertiary/aromatic N) is 1. The Balaban J connectivity index is 2.38. The first-order valence-electron chi connectivity index (χ1n) is 11.5. The highest BCUT2D eigenvalue weighted by Gasteiger charge is 2.40. The van der Waals surface area contributed by atoms with Crippen molar-refractivity contribution in [1.82, 2.24) is 0 Å². The molecule has 0 aromatic rings. The van der Waals surface area contributed by atoms with Crippen LogP contribution in [0.4, 0.5) is 4.39 Å². The average Bonchev–Trinajstić information content (AvgIpc) is 2.68. The Labute approximate surface area is 172 Å². The van der Waals surface area contributed by atoms with Crippen molar-refractivity contribution in [1.29, 1.82) is 0 Å². The highest BCUT2D eigenvalue weighted by molar-refractivity contribution is 5.79. The van der Waals surface area contributed by atoms with Crippen LogP contribution in [0.15, 0.2) is 17.3 Å². The van der Waals surface area contributed by atoms with Crippen LogP contribution in [0.5, 0.6) is 0 Å². The normalized spacial score (nSPS) is 25.8. The van der Waals surface area contributed by atoms with E-state index >= 15 is 4.39 Å². The van der Waals surface area contributed by atoms with E-state index in [0.29, 0.717) is 49.9 Å². The van der Waals surface area contributed by atoms with Gasteiger partial charge in [0.25, 0.3) is 0 Å². The van der Waals surface area contributed by atoms with Gasteiger partial charge in [0, 0.05) is 6.42 Å². The molecule has 3 unspecified atom stereocenters. The molecule has 0 saturated heterocycles. The monoisotopic (exact) mass is 396 g/mol. The molecule has 1 aliphatic carbocycles. The van der Waals surface area contributed by atoms with Crippen LogP contribution in [0, 0.1) is 11.8 Å². The third-order valence-corrected chi connectivity index (χ3v) is 6.48.